The van der Waals surface area contributed by atoms with Crippen LogP contribution in [0.2, 0.25) is 0 Å². The van der Waals surface area contributed by atoms with Crippen LogP contribution in [0.25, 0.3) is 0 Å². The van der Waals surface area contributed by atoms with E-state index in [-0.39, 0.29) is 22.7 Å². The van der Waals surface area contributed by atoms with Crippen molar-refractivity contribution >= 4 is 17.7 Å². The van der Waals surface area contributed by atoms with Gasteiger partial charge in [-0.05, 0) is 68.1 Å². The molecule has 0 bridgehead atoms. The summed E-state index contributed by atoms with van der Waals surface area (Å²) in [6.45, 7) is 6.43. The number of fused-ring (bicyclic) bond motifs is 5. The maximum atomic E-state index is 12.6. The van der Waals surface area contributed by atoms with Crippen LogP contribution in [0.5, 0.6) is 0 Å². The first kappa shape index (κ1) is 18.5. The highest BCUT2D eigenvalue weighted by atomic mass is 16.5. The van der Waals surface area contributed by atoms with Crippen molar-refractivity contribution in [2.45, 2.75) is 58.9 Å². The first-order chi connectivity index (χ1) is 12.8. The fourth-order valence-electron chi connectivity index (χ4n) is 6.50. The van der Waals surface area contributed by atoms with Crippen LogP contribution in [0.4, 0.5) is 4.79 Å². The number of nitrogens with one attached hydrogen (secondary N) is 1. The minimum atomic E-state index is -0.438. The van der Waals surface area contributed by atoms with Gasteiger partial charge >= 0.3 is 6.09 Å². The predicted molar refractivity (Wildman–Crippen MR) is 101 cm³/mol. The highest BCUT2D eigenvalue weighted by molar-refractivity contribution is 6.01. The monoisotopic (exact) mass is 371 g/mol. The fourth-order valence-corrected chi connectivity index (χ4v) is 6.50. The molecule has 1 amide bonds. The Balaban J connectivity index is 1.71. The Bertz CT molecular complexity index is 753. The third kappa shape index (κ3) is 2.69. The van der Waals surface area contributed by atoms with Gasteiger partial charge in [0.2, 0.25) is 0 Å². The number of carbonyl (C=O) groups is 3. The third-order valence-electron chi connectivity index (χ3n) is 7.88. The molecule has 0 aliphatic heterocycles. The summed E-state index contributed by atoms with van der Waals surface area (Å²) in [5.74, 6) is 1.51. The number of alkyl carbamates (subject to hydrolysis) is 1. The fraction of sp³-hybridized carbons (Fsp3) is 0.682. The van der Waals surface area contributed by atoms with Crippen molar-refractivity contribution in [1.29, 1.82) is 0 Å². The van der Waals surface area contributed by atoms with E-state index in [1.807, 2.05) is 6.08 Å². The van der Waals surface area contributed by atoms with Crippen molar-refractivity contribution in [3.05, 3.63) is 23.8 Å². The van der Waals surface area contributed by atoms with Gasteiger partial charge in [-0.15, -0.1) is 0 Å². The SMILES string of the molecule is CCOC(=O)N[C@@H]1C[C@@H]2[C@H](CC[C@]3(C)C(=O)CC[C@@H]23)[C@@]2(C)C=CC(=O)C=C12. The van der Waals surface area contributed by atoms with Gasteiger partial charge in [-0.2, -0.15) is 0 Å². The van der Waals surface area contributed by atoms with E-state index in [4.69, 9.17) is 4.74 Å². The Labute approximate surface area is 160 Å². The van der Waals surface area contributed by atoms with E-state index in [9.17, 15) is 14.4 Å². The Kier molecular flexibility index (Phi) is 4.32. The molecule has 0 radical (unpaired) electrons. The minimum Gasteiger partial charge on any atom is -0.450 e. The zero-order valence-electron chi connectivity index (χ0n) is 16.4. The van der Waals surface area contributed by atoms with Crippen LogP contribution in [0, 0.1) is 28.6 Å². The average Bonchev–Trinajstić information content (AvgIpc) is 2.92. The van der Waals surface area contributed by atoms with Gasteiger partial charge in [0.15, 0.2) is 5.78 Å². The summed E-state index contributed by atoms with van der Waals surface area (Å²) in [7, 11) is 0. The van der Waals surface area contributed by atoms with E-state index in [0.29, 0.717) is 36.6 Å². The molecule has 5 nitrogen and oxygen atoms in total. The number of allylic oxidation sites excluding steroid dienone is 3. The van der Waals surface area contributed by atoms with Crippen LogP contribution in [-0.2, 0) is 14.3 Å². The molecule has 4 aliphatic carbocycles. The minimum absolute atomic E-state index is 0.0201. The molecule has 4 aliphatic rings. The second-order valence-corrected chi connectivity index (χ2v) is 9.07. The predicted octanol–water partition coefficient (Wildman–Crippen LogP) is 3.59. The van der Waals surface area contributed by atoms with Crippen molar-refractivity contribution in [2.75, 3.05) is 6.61 Å². The number of ether oxygens (including phenoxy) is 1. The first-order valence-electron chi connectivity index (χ1n) is 10.2. The zero-order valence-corrected chi connectivity index (χ0v) is 16.4. The third-order valence-corrected chi connectivity index (χ3v) is 7.88. The maximum absolute atomic E-state index is 12.6. The van der Waals surface area contributed by atoms with E-state index >= 15 is 0 Å². The molecular weight excluding hydrogens is 342 g/mol. The zero-order chi connectivity index (χ0) is 19.4. The van der Waals surface area contributed by atoms with Gasteiger partial charge in [-0.3, -0.25) is 9.59 Å². The van der Waals surface area contributed by atoms with E-state index in [1.54, 1.807) is 19.1 Å². The van der Waals surface area contributed by atoms with Crippen LogP contribution >= 0.6 is 0 Å². The molecule has 3 fully saturated rings. The van der Waals surface area contributed by atoms with Crippen LogP contribution in [0.15, 0.2) is 23.8 Å². The molecule has 0 aromatic rings. The standard InChI is InChI=1S/C22H29NO4/c1-4-27-20(26)23-18-12-14-15-5-6-19(25)22(15,3)10-8-16(14)21(2)9-7-13(24)11-17(18)21/h7,9,11,14-16,18H,4-6,8,10,12H2,1-3H3,(H,23,26)/t14-,15-,16-,18+,21+,22-/m0/s1. The number of Topliss-reactive ketones (excluding diaryl/α,β-unsaturated/α-hetero) is 1. The molecule has 0 aromatic heterocycles. The normalized spacial score (nSPS) is 42.7. The van der Waals surface area contributed by atoms with E-state index in [1.165, 1.54) is 0 Å². The molecule has 0 unspecified atom stereocenters. The first-order valence-corrected chi connectivity index (χ1v) is 10.2. The van der Waals surface area contributed by atoms with Gasteiger partial charge in [-0.1, -0.05) is 19.9 Å². The van der Waals surface area contributed by atoms with Crippen LogP contribution < -0.4 is 5.32 Å². The van der Waals surface area contributed by atoms with E-state index in [0.717, 1.165) is 31.3 Å². The second-order valence-electron chi connectivity index (χ2n) is 9.07. The summed E-state index contributed by atoms with van der Waals surface area (Å²) in [6, 6.07) is -0.220. The number of hydrogen-bond donors (Lipinski definition) is 1. The molecule has 0 heterocycles. The highest BCUT2D eigenvalue weighted by Crippen LogP contribution is 2.63. The molecular formula is C22H29NO4. The summed E-state index contributed by atoms with van der Waals surface area (Å²) >= 11 is 0. The van der Waals surface area contributed by atoms with Gasteiger partial charge < -0.3 is 10.1 Å². The molecule has 0 spiro atoms. The summed E-state index contributed by atoms with van der Waals surface area (Å²) < 4.78 is 5.11. The van der Waals surface area contributed by atoms with Crippen LogP contribution in [0.3, 0.4) is 0 Å². The Hall–Kier alpha value is -1.91. The molecule has 6 atom stereocenters. The number of ketones is 2. The number of hydrogen-bond acceptors (Lipinski definition) is 4. The number of rotatable bonds is 2. The average molecular weight is 371 g/mol. The lowest BCUT2D eigenvalue weighted by Gasteiger charge is -2.57. The van der Waals surface area contributed by atoms with Gasteiger partial charge in [-0.25, -0.2) is 4.79 Å². The topological polar surface area (TPSA) is 72.5 Å². The van der Waals surface area contributed by atoms with Crippen molar-refractivity contribution in [2.24, 2.45) is 28.6 Å². The van der Waals surface area contributed by atoms with Gasteiger partial charge in [0.25, 0.3) is 0 Å². The molecule has 0 aromatic carbocycles. The summed E-state index contributed by atoms with van der Waals surface area (Å²) in [6.07, 6.45) is 9.30. The largest absolute Gasteiger partial charge is 0.450 e. The Morgan fingerprint density at radius 3 is 2.78 bits per heavy atom. The smallest absolute Gasteiger partial charge is 0.407 e. The molecule has 4 rings (SSSR count). The molecule has 1 N–H and O–H groups in total. The van der Waals surface area contributed by atoms with Crippen molar-refractivity contribution < 1.29 is 19.1 Å². The quantitative estimate of drug-likeness (QED) is 0.805. The van der Waals surface area contributed by atoms with Crippen LogP contribution in [0.1, 0.15) is 52.9 Å². The maximum Gasteiger partial charge on any atom is 0.407 e. The lowest BCUT2D eigenvalue weighted by atomic mass is 9.47. The molecule has 27 heavy (non-hydrogen) atoms. The van der Waals surface area contributed by atoms with Gasteiger partial charge in [0.1, 0.15) is 5.78 Å². The van der Waals surface area contributed by atoms with Crippen LogP contribution in [-0.4, -0.2) is 30.3 Å². The van der Waals surface area contributed by atoms with Gasteiger partial charge in [0, 0.05) is 17.3 Å². The van der Waals surface area contributed by atoms with Crippen molar-refractivity contribution in [3.8, 4) is 0 Å². The molecule has 3 saturated carbocycles. The number of amides is 1. The van der Waals surface area contributed by atoms with E-state index < -0.39 is 6.09 Å². The Morgan fingerprint density at radius 1 is 1.26 bits per heavy atom. The summed E-state index contributed by atoms with van der Waals surface area (Å²) in [5.41, 5.74) is 0.521. The lowest BCUT2D eigenvalue weighted by molar-refractivity contribution is -0.131. The van der Waals surface area contributed by atoms with Crippen molar-refractivity contribution in [1.82, 2.24) is 5.32 Å². The van der Waals surface area contributed by atoms with Gasteiger partial charge in [0.05, 0.1) is 12.6 Å². The second kappa shape index (κ2) is 6.32. The highest BCUT2D eigenvalue weighted by Gasteiger charge is 2.60. The van der Waals surface area contributed by atoms with E-state index in [2.05, 4.69) is 19.2 Å². The Morgan fingerprint density at radius 2 is 2.04 bits per heavy atom. The van der Waals surface area contributed by atoms with Crippen molar-refractivity contribution in [3.63, 3.8) is 0 Å². The lowest BCUT2D eigenvalue weighted by Crippen LogP contribution is -2.56. The summed E-state index contributed by atoms with van der Waals surface area (Å²) in [4.78, 5) is 36.9. The molecule has 0 saturated heterocycles. The molecule has 5 heteroatoms. The molecule has 146 valence electrons. The number of carbonyl (C=O) groups excluding carboxylic acids is 3. The summed E-state index contributed by atoms with van der Waals surface area (Å²) in [5, 5.41) is 3.00.